The van der Waals surface area contributed by atoms with E-state index in [9.17, 15) is 18.0 Å². The lowest BCUT2D eigenvalue weighted by Crippen LogP contribution is -2.39. The van der Waals surface area contributed by atoms with E-state index >= 15 is 0 Å². The average molecular weight is 395 g/mol. The number of benzene rings is 1. The average Bonchev–Trinajstić information content (AvgIpc) is 2.52. The molecule has 0 spiro atoms. The zero-order chi connectivity index (χ0) is 16.9. The number of carbonyl (C=O) groups excluding carboxylic acids is 1. The monoisotopic (exact) mass is 394 g/mol. The predicted molar refractivity (Wildman–Crippen MR) is 83.2 cm³/mol. The van der Waals surface area contributed by atoms with Crippen LogP contribution in [0, 0.1) is 5.92 Å². The Labute approximate surface area is 140 Å². The van der Waals surface area contributed by atoms with Gasteiger partial charge in [-0.3, -0.25) is 4.79 Å². The zero-order valence-corrected chi connectivity index (χ0v) is 14.0. The molecule has 1 aromatic rings. The summed E-state index contributed by atoms with van der Waals surface area (Å²) in [5.41, 5.74) is -0.837. The molecule has 1 aliphatic rings. The number of rotatable bonds is 5. The summed E-state index contributed by atoms with van der Waals surface area (Å²) in [6, 6.07) is 3.72. The van der Waals surface area contributed by atoms with Gasteiger partial charge in [0, 0.05) is 10.4 Å². The van der Waals surface area contributed by atoms with Crippen LogP contribution in [0.1, 0.15) is 18.4 Å². The van der Waals surface area contributed by atoms with Crippen LogP contribution in [0.4, 0.5) is 13.2 Å². The summed E-state index contributed by atoms with van der Waals surface area (Å²) in [7, 11) is 0. The number of amides is 1. The molecule has 128 valence electrons. The molecule has 1 aromatic carbocycles. The molecule has 1 amide bonds. The van der Waals surface area contributed by atoms with Crippen LogP contribution in [0.15, 0.2) is 22.7 Å². The van der Waals surface area contributed by atoms with Crippen LogP contribution in [-0.4, -0.2) is 32.1 Å². The Balaban J connectivity index is 1.83. The Hall–Kier alpha value is -1.28. The fourth-order valence-electron chi connectivity index (χ4n) is 2.41. The van der Waals surface area contributed by atoms with Gasteiger partial charge in [0.1, 0.15) is 12.4 Å². The number of ether oxygens (including phenoxy) is 1. The number of carbonyl (C=O) groups is 1. The number of piperidine rings is 1. The lowest BCUT2D eigenvalue weighted by atomic mass is 9.97. The first-order valence-electron chi connectivity index (χ1n) is 7.36. The maximum absolute atomic E-state index is 12.9. The van der Waals surface area contributed by atoms with Crippen molar-refractivity contribution >= 4 is 21.8 Å². The van der Waals surface area contributed by atoms with Gasteiger partial charge < -0.3 is 15.4 Å². The minimum Gasteiger partial charge on any atom is -0.491 e. The summed E-state index contributed by atoms with van der Waals surface area (Å²) in [5, 5.41) is 5.88. The molecule has 4 nitrogen and oxygen atoms in total. The van der Waals surface area contributed by atoms with Gasteiger partial charge >= 0.3 is 6.18 Å². The first-order chi connectivity index (χ1) is 10.9. The number of halogens is 4. The lowest BCUT2D eigenvalue weighted by Gasteiger charge is -2.21. The molecule has 1 heterocycles. The maximum atomic E-state index is 12.9. The Morgan fingerprint density at radius 1 is 1.35 bits per heavy atom. The van der Waals surface area contributed by atoms with Gasteiger partial charge in [-0.05, 0) is 44.1 Å². The second-order valence-electron chi connectivity index (χ2n) is 5.30. The number of hydrogen-bond donors (Lipinski definition) is 2. The molecule has 0 aromatic heterocycles. The minimum absolute atomic E-state index is 0.0125. The van der Waals surface area contributed by atoms with E-state index in [-0.39, 0.29) is 30.7 Å². The minimum atomic E-state index is -4.49. The summed E-state index contributed by atoms with van der Waals surface area (Å²) in [6.45, 7) is 1.78. The molecule has 0 unspecified atom stereocenters. The van der Waals surface area contributed by atoms with Gasteiger partial charge in [-0.25, -0.2) is 0 Å². The lowest BCUT2D eigenvalue weighted by molar-refractivity contribution is -0.139. The molecule has 0 aliphatic carbocycles. The fraction of sp³-hybridized carbons (Fsp3) is 0.533. The van der Waals surface area contributed by atoms with Crippen molar-refractivity contribution in [1.82, 2.24) is 10.6 Å². The van der Waals surface area contributed by atoms with Gasteiger partial charge in [-0.1, -0.05) is 15.9 Å². The van der Waals surface area contributed by atoms with Crippen molar-refractivity contribution in [1.29, 1.82) is 0 Å². The summed E-state index contributed by atoms with van der Waals surface area (Å²) in [4.78, 5) is 11.9. The van der Waals surface area contributed by atoms with Crippen LogP contribution < -0.4 is 15.4 Å². The molecule has 2 rings (SSSR count). The number of alkyl halides is 3. The molecule has 2 N–H and O–H groups in total. The highest BCUT2D eigenvalue weighted by atomic mass is 79.9. The van der Waals surface area contributed by atoms with Gasteiger partial charge in [0.2, 0.25) is 5.91 Å². The van der Waals surface area contributed by atoms with Gasteiger partial charge in [0.15, 0.2) is 0 Å². The molecule has 23 heavy (non-hydrogen) atoms. The highest BCUT2D eigenvalue weighted by molar-refractivity contribution is 9.10. The Morgan fingerprint density at radius 3 is 2.70 bits per heavy atom. The molecule has 0 radical (unpaired) electrons. The van der Waals surface area contributed by atoms with Crippen molar-refractivity contribution < 1.29 is 22.7 Å². The third kappa shape index (κ3) is 5.39. The van der Waals surface area contributed by atoms with E-state index in [0.717, 1.165) is 32.0 Å². The van der Waals surface area contributed by atoms with E-state index < -0.39 is 11.7 Å². The summed E-state index contributed by atoms with van der Waals surface area (Å²) >= 11 is 3.02. The first-order valence-corrected chi connectivity index (χ1v) is 8.15. The molecule has 0 saturated carbocycles. The Bertz CT molecular complexity index is 546. The van der Waals surface area contributed by atoms with E-state index in [1.165, 1.54) is 12.1 Å². The van der Waals surface area contributed by atoms with Crippen molar-refractivity contribution in [3.63, 3.8) is 0 Å². The molecular weight excluding hydrogens is 377 g/mol. The van der Waals surface area contributed by atoms with Crippen LogP contribution in [0.25, 0.3) is 0 Å². The Morgan fingerprint density at radius 2 is 2.04 bits per heavy atom. The number of nitrogens with one attached hydrogen (secondary N) is 2. The van der Waals surface area contributed by atoms with Crippen LogP contribution in [0.3, 0.4) is 0 Å². The van der Waals surface area contributed by atoms with Crippen molar-refractivity contribution in [2.24, 2.45) is 5.92 Å². The van der Waals surface area contributed by atoms with E-state index in [0.29, 0.717) is 4.47 Å². The van der Waals surface area contributed by atoms with Gasteiger partial charge in [-0.15, -0.1) is 0 Å². The number of hydrogen-bond acceptors (Lipinski definition) is 3. The molecular formula is C15H18BrF3N2O2. The first kappa shape index (κ1) is 18.1. The highest BCUT2D eigenvalue weighted by Gasteiger charge is 2.34. The molecule has 8 heteroatoms. The van der Waals surface area contributed by atoms with Crippen molar-refractivity contribution in [2.75, 3.05) is 26.2 Å². The summed E-state index contributed by atoms with van der Waals surface area (Å²) in [6.07, 6.45) is -2.94. The van der Waals surface area contributed by atoms with E-state index in [1.807, 2.05) is 0 Å². The van der Waals surface area contributed by atoms with Gasteiger partial charge in [0.05, 0.1) is 12.1 Å². The van der Waals surface area contributed by atoms with E-state index in [4.69, 9.17) is 4.74 Å². The second-order valence-corrected chi connectivity index (χ2v) is 6.22. The SMILES string of the molecule is O=C(NCCOc1ccc(Br)cc1C(F)(F)F)C1CCNCC1. The topological polar surface area (TPSA) is 50.4 Å². The molecule has 1 fully saturated rings. The van der Waals surface area contributed by atoms with Gasteiger partial charge in [0.25, 0.3) is 0 Å². The normalized spacial score (nSPS) is 16.2. The van der Waals surface area contributed by atoms with Crippen LogP contribution in [0.5, 0.6) is 5.75 Å². The quantitative estimate of drug-likeness (QED) is 0.754. The van der Waals surface area contributed by atoms with Crippen molar-refractivity contribution in [3.05, 3.63) is 28.2 Å². The smallest absolute Gasteiger partial charge is 0.420 e. The molecule has 0 atom stereocenters. The predicted octanol–water partition coefficient (Wildman–Crippen LogP) is 2.96. The van der Waals surface area contributed by atoms with Crippen molar-refractivity contribution in [3.8, 4) is 5.75 Å². The fourth-order valence-corrected chi connectivity index (χ4v) is 2.77. The third-order valence-electron chi connectivity index (χ3n) is 3.62. The van der Waals surface area contributed by atoms with Crippen molar-refractivity contribution in [2.45, 2.75) is 19.0 Å². The van der Waals surface area contributed by atoms with Gasteiger partial charge in [-0.2, -0.15) is 13.2 Å². The van der Waals surface area contributed by atoms with Crippen LogP contribution in [0.2, 0.25) is 0 Å². The zero-order valence-electron chi connectivity index (χ0n) is 12.4. The van der Waals surface area contributed by atoms with Crippen LogP contribution >= 0.6 is 15.9 Å². The highest BCUT2D eigenvalue weighted by Crippen LogP contribution is 2.37. The van der Waals surface area contributed by atoms with E-state index in [1.54, 1.807) is 0 Å². The Kier molecular flexibility index (Phi) is 6.29. The summed E-state index contributed by atoms with van der Waals surface area (Å²) in [5.74, 6) is -0.339. The third-order valence-corrected chi connectivity index (χ3v) is 4.11. The van der Waals surface area contributed by atoms with Crippen LogP contribution in [-0.2, 0) is 11.0 Å². The summed E-state index contributed by atoms with van der Waals surface area (Å²) < 4.78 is 44.3. The standard InChI is InChI=1S/C15H18BrF3N2O2/c16-11-1-2-13(12(9-11)15(17,18)19)23-8-7-21-14(22)10-3-5-20-6-4-10/h1-2,9-10,20H,3-8H2,(H,21,22). The molecule has 0 bridgehead atoms. The maximum Gasteiger partial charge on any atom is 0.420 e. The second kappa shape index (κ2) is 8.01. The van der Waals surface area contributed by atoms with E-state index in [2.05, 4.69) is 26.6 Å². The largest absolute Gasteiger partial charge is 0.491 e. The molecule has 1 aliphatic heterocycles. The molecule has 1 saturated heterocycles.